The van der Waals surface area contributed by atoms with Crippen LogP contribution in [0.15, 0.2) is 53.4 Å². The molecular weight excluding hydrogens is 390 g/mol. The van der Waals surface area contributed by atoms with Crippen LogP contribution < -0.4 is 5.43 Å². The second-order valence-electron chi connectivity index (χ2n) is 5.36. The molecule has 136 valence electrons. The first kappa shape index (κ1) is 18.5. The number of non-ortho nitro benzene ring substituents is 1. The number of carbonyl (C=O) groups excluding carboxylic acids is 2. The predicted octanol–water partition coefficient (Wildman–Crippen LogP) is 3.48. The van der Waals surface area contributed by atoms with Crippen LogP contribution in [0, 0.1) is 10.1 Å². The zero-order chi connectivity index (χ0) is 19.6. The number of thiocarbonyl (C=S) groups is 1. The Morgan fingerprint density at radius 2 is 2.00 bits per heavy atom. The van der Waals surface area contributed by atoms with Crippen molar-refractivity contribution >= 4 is 51.9 Å². The summed E-state index contributed by atoms with van der Waals surface area (Å²) in [5, 5.41) is 20.7. The van der Waals surface area contributed by atoms with Gasteiger partial charge in [-0.1, -0.05) is 30.4 Å². The summed E-state index contributed by atoms with van der Waals surface area (Å²) in [6.07, 6.45) is 1.62. The second-order valence-corrected chi connectivity index (χ2v) is 6.74. The molecule has 0 bridgehead atoms. The minimum Gasteiger partial charge on any atom is -0.508 e. The summed E-state index contributed by atoms with van der Waals surface area (Å²) in [7, 11) is 0. The molecule has 27 heavy (non-hydrogen) atoms. The number of amides is 2. The maximum absolute atomic E-state index is 12.3. The van der Waals surface area contributed by atoms with Gasteiger partial charge in [-0.2, -0.15) is 5.01 Å². The van der Waals surface area contributed by atoms with E-state index in [1.807, 2.05) is 0 Å². The van der Waals surface area contributed by atoms with E-state index in [0.29, 0.717) is 10.5 Å². The van der Waals surface area contributed by atoms with E-state index < -0.39 is 16.1 Å². The molecule has 0 atom stereocenters. The number of hydrogen-bond donors (Lipinski definition) is 2. The SMILES string of the molecule is O=C(NN1C(=O)S/C(=C/c2cccc(O)c2)C1=S)c1cccc([N+](=O)[O-])c1. The Morgan fingerprint density at radius 3 is 2.70 bits per heavy atom. The van der Waals surface area contributed by atoms with Crippen molar-refractivity contribution in [3.63, 3.8) is 0 Å². The summed E-state index contributed by atoms with van der Waals surface area (Å²) in [5.41, 5.74) is 2.78. The molecule has 10 heteroatoms. The number of aromatic hydroxyl groups is 1. The normalized spacial score (nSPS) is 15.3. The molecule has 1 saturated heterocycles. The van der Waals surface area contributed by atoms with E-state index in [1.54, 1.807) is 18.2 Å². The fourth-order valence-electron chi connectivity index (χ4n) is 2.26. The highest BCUT2D eigenvalue weighted by atomic mass is 32.2. The highest BCUT2D eigenvalue weighted by Crippen LogP contribution is 2.32. The summed E-state index contributed by atoms with van der Waals surface area (Å²) >= 11 is 6.07. The lowest BCUT2D eigenvalue weighted by Crippen LogP contribution is -2.44. The van der Waals surface area contributed by atoms with E-state index in [-0.39, 0.29) is 22.0 Å². The van der Waals surface area contributed by atoms with Crippen molar-refractivity contribution in [2.75, 3.05) is 0 Å². The van der Waals surface area contributed by atoms with Gasteiger partial charge in [0, 0.05) is 17.7 Å². The summed E-state index contributed by atoms with van der Waals surface area (Å²) < 4.78 is 0. The van der Waals surface area contributed by atoms with Gasteiger partial charge in [0.1, 0.15) is 10.7 Å². The highest BCUT2D eigenvalue weighted by Gasteiger charge is 2.33. The molecule has 0 radical (unpaired) electrons. The molecule has 2 N–H and O–H groups in total. The third-order valence-corrected chi connectivity index (χ3v) is 4.91. The molecule has 0 aliphatic carbocycles. The average Bonchev–Trinajstić information content (AvgIpc) is 2.89. The van der Waals surface area contributed by atoms with Crippen LogP contribution in [0.5, 0.6) is 5.75 Å². The summed E-state index contributed by atoms with van der Waals surface area (Å²) in [6.45, 7) is 0. The van der Waals surface area contributed by atoms with Gasteiger partial charge >= 0.3 is 5.24 Å². The Balaban J connectivity index is 1.78. The third kappa shape index (κ3) is 4.13. The Bertz CT molecular complexity index is 1010. The number of phenolic OH excluding ortho intramolecular Hbond substituents is 1. The van der Waals surface area contributed by atoms with Gasteiger partial charge < -0.3 is 5.11 Å². The second kappa shape index (κ2) is 7.56. The number of benzene rings is 2. The Labute approximate surface area is 162 Å². The van der Waals surface area contributed by atoms with Crippen molar-refractivity contribution in [2.24, 2.45) is 0 Å². The minimum absolute atomic E-state index is 0.0233. The number of hydrazine groups is 1. The van der Waals surface area contributed by atoms with Gasteiger partial charge in [0.2, 0.25) is 0 Å². The number of nitro benzene ring substituents is 1. The van der Waals surface area contributed by atoms with Crippen LogP contribution in [0.2, 0.25) is 0 Å². The topological polar surface area (TPSA) is 113 Å². The molecule has 3 rings (SSSR count). The van der Waals surface area contributed by atoms with Crippen molar-refractivity contribution in [1.82, 2.24) is 10.4 Å². The highest BCUT2D eigenvalue weighted by molar-refractivity contribution is 8.19. The molecule has 8 nitrogen and oxygen atoms in total. The van der Waals surface area contributed by atoms with Gasteiger partial charge in [0.25, 0.3) is 11.6 Å². The van der Waals surface area contributed by atoms with E-state index in [0.717, 1.165) is 22.8 Å². The number of phenols is 1. The lowest BCUT2D eigenvalue weighted by atomic mass is 10.2. The van der Waals surface area contributed by atoms with Crippen molar-refractivity contribution < 1.29 is 19.6 Å². The van der Waals surface area contributed by atoms with Crippen LogP contribution in [0.1, 0.15) is 15.9 Å². The first-order valence-electron chi connectivity index (χ1n) is 7.47. The molecule has 0 saturated carbocycles. The van der Waals surface area contributed by atoms with E-state index in [4.69, 9.17) is 12.2 Å². The van der Waals surface area contributed by atoms with Crippen molar-refractivity contribution in [3.05, 3.63) is 74.7 Å². The molecule has 1 fully saturated rings. The largest absolute Gasteiger partial charge is 0.508 e. The van der Waals surface area contributed by atoms with E-state index in [1.165, 1.54) is 30.3 Å². The third-order valence-electron chi connectivity index (χ3n) is 3.49. The predicted molar refractivity (Wildman–Crippen MR) is 104 cm³/mol. The number of hydrogen-bond acceptors (Lipinski definition) is 7. The molecule has 0 spiro atoms. The standard InChI is InChI=1S/C17H11N3O5S2/c21-13-6-1-3-10(7-13)8-14-16(26)19(17(23)27-14)18-15(22)11-4-2-5-12(9-11)20(24)25/h1-9,21H,(H,18,22)/b14-8+. The van der Waals surface area contributed by atoms with Crippen molar-refractivity contribution in [2.45, 2.75) is 0 Å². The smallest absolute Gasteiger partial charge is 0.310 e. The van der Waals surface area contributed by atoms with Crippen LogP contribution in [-0.2, 0) is 0 Å². The molecule has 0 aromatic heterocycles. The van der Waals surface area contributed by atoms with Gasteiger partial charge in [-0.15, -0.1) is 0 Å². The average molecular weight is 401 g/mol. The molecular formula is C17H11N3O5S2. The van der Waals surface area contributed by atoms with Gasteiger partial charge in [0.15, 0.2) is 0 Å². The van der Waals surface area contributed by atoms with Crippen LogP contribution in [0.4, 0.5) is 10.5 Å². The maximum atomic E-state index is 12.3. The minimum atomic E-state index is -0.700. The molecule has 2 aromatic rings. The molecule has 2 aromatic carbocycles. The van der Waals surface area contributed by atoms with Crippen molar-refractivity contribution in [3.8, 4) is 5.75 Å². The number of rotatable bonds is 4. The first-order chi connectivity index (χ1) is 12.8. The monoisotopic (exact) mass is 401 g/mol. The zero-order valence-electron chi connectivity index (χ0n) is 13.5. The number of nitro groups is 1. The van der Waals surface area contributed by atoms with Crippen LogP contribution >= 0.6 is 24.0 Å². The molecule has 1 heterocycles. The number of thioether (sulfide) groups is 1. The van der Waals surface area contributed by atoms with Crippen LogP contribution in [0.3, 0.4) is 0 Å². The molecule has 2 amide bonds. The number of nitrogens with one attached hydrogen (secondary N) is 1. The summed E-state index contributed by atoms with van der Waals surface area (Å²) in [6, 6.07) is 11.5. The molecule has 1 aliphatic rings. The summed E-state index contributed by atoms with van der Waals surface area (Å²) in [5.74, 6) is -0.631. The molecule has 1 aliphatic heterocycles. The fourth-order valence-corrected chi connectivity index (χ4v) is 3.42. The number of carbonyl (C=O) groups is 2. The first-order valence-corrected chi connectivity index (χ1v) is 8.70. The fraction of sp³-hybridized carbons (Fsp3) is 0. The van der Waals surface area contributed by atoms with E-state index in [2.05, 4.69) is 5.43 Å². The maximum Gasteiger partial charge on any atom is 0.310 e. The van der Waals surface area contributed by atoms with Gasteiger partial charge in [0.05, 0.1) is 9.83 Å². The van der Waals surface area contributed by atoms with Gasteiger partial charge in [-0.3, -0.25) is 25.1 Å². The Morgan fingerprint density at radius 1 is 1.26 bits per heavy atom. The lowest BCUT2D eigenvalue weighted by molar-refractivity contribution is -0.384. The Hall–Kier alpha value is -3.24. The van der Waals surface area contributed by atoms with Crippen molar-refractivity contribution in [1.29, 1.82) is 0 Å². The quantitative estimate of drug-likeness (QED) is 0.349. The summed E-state index contributed by atoms with van der Waals surface area (Å²) in [4.78, 5) is 35.2. The van der Waals surface area contributed by atoms with Crippen LogP contribution in [0.25, 0.3) is 6.08 Å². The van der Waals surface area contributed by atoms with E-state index >= 15 is 0 Å². The molecule has 0 unspecified atom stereocenters. The van der Waals surface area contributed by atoms with Gasteiger partial charge in [-0.25, -0.2) is 0 Å². The Kier molecular flexibility index (Phi) is 5.19. The zero-order valence-corrected chi connectivity index (χ0v) is 15.1. The van der Waals surface area contributed by atoms with Crippen LogP contribution in [-0.4, -0.2) is 31.2 Å². The lowest BCUT2D eigenvalue weighted by Gasteiger charge is -2.15. The number of nitrogens with zero attached hydrogens (tertiary/aromatic N) is 2. The van der Waals surface area contributed by atoms with Gasteiger partial charge in [-0.05, 0) is 41.6 Å². The van der Waals surface area contributed by atoms with E-state index in [9.17, 15) is 24.8 Å².